The zero-order chi connectivity index (χ0) is 19.3. The average molecular weight is 372 g/mol. The minimum absolute atomic E-state index is 0.0899. The summed E-state index contributed by atoms with van der Waals surface area (Å²) >= 11 is 0. The molecule has 0 spiro atoms. The topological polar surface area (TPSA) is 30.7 Å². The van der Waals surface area contributed by atoms with Gasteiger partial charge in [0, 0.05) is 17.5 Å². The standard InChI is InChI=1S/C25H25NO2/c1-2-28-25(27)24-16-22-10-6-7-11-23(22)18-26(24)17-19-12-14-21(15-13-19)20-8-4-3-5-9-20/h3-15,24H,2,16-18H2,1H3/p+1/t24-/m0/s1. The molecule has 0 fully saturated rings. The Morgan fingerprint density at radius 3 is 2.25 bits per heavy atom. The molecule has 0 saturated carbocycles. The second-order valence-electron chi connectivity index (χ2n) is 7.35. The van der Waals surface area contributed by atoms with Crippen molar-refractivity contribution >= 4 is 5.97 Å². The van der Waals surface area contributed by atoms with Crippen LogP contribution in [0.2, 0.25) is 0 Å². The van der Waals surface area contributed by atoms with Crippen LogP contribution in [0.25, 0.3) is 11.1 Å². The molecule has 0 aliphatic carbocycles. The maximum atomic E-state index is 12.6. The first-order chi connectivity index (χ1) is 13.7. The van der Waals surface area contributed by atoms with Gasteiger partial charge in [0.2, 0.25) is 0 Å². The molecule has 28 heavy (non-hydrogen) atoms. The Morgan fingerprint density at radius 2 is 1.54 bits per heavy atom. The van der Waals surface area contributed by atoms with Gasteiger partial charge in [-0.2, -0.15) is 0 Å². The average Bonchev–Trinajstić information content (AvgIpc) is 2.74. The molecule has 1 aliphatic heterocycles. The number of carbonyl (C=O) groups excluding carboxylic acids is 1. The lowest BCUT2D eigenvalue weighted by molar-refractivity contribution is -0.945. The Hall–Kier alpha value is -2.91. The van der Waals surface area contributed by atoms with Gasteiger partial charge >= 0.3 is 5.97 Å². The highest BCUT2D eigenvalue weighted by atomic mass is 16.5. The fraction of sp³-hybridized carbons (Fsp3) is 0.240. The highest BCUT2D eigenvalue weighted by Gasteiger charge is 2.36. The molecule has 142 valence electrons. The molecule has 0 bridgehead atoms. The minimum atomic E-state index is -0.149. The fourth-order valence-electron chi connectivity index (χ4n) is 4.05. The Kier molecular flexibility index (Phi) is 5.54. The lowest BCUT2D eigenvalue weighted by Crippen LogP contribution is -3.15. The molecule has 0 saturated heterocycles. The van der Waals surface area contributed by atoms with Crippen molar-refractivity contribution in [3.05, 3.63) is 95.6 Å². The molecule has 2 atom stereocenters. The Labute approximate surface area is 166 Å². The molecule has 1 aliphatic rings. The molecule has 3 aromatic carbocycles. The summed E-state index contributed by atoms with van der Waals surface area (Å²) in [4.78, 5) is 13.9. The van der Waals surface area contributed by atoms with E-state index in [0.717, 1.165) is 19.5 Å². The maximum Gasteiger partial charge on any atom is 0.365 e. The van der Waals surface area contributed by atoms with Crippen LogP contribution in [-0.2, 0) is 29.0 Å². The molecule has 1 N–H and O–H groups in total. The molecule has 0 amide bonds. The predicted octanol–water partition coefficient (Wildman–Crippen LogP) is 3.43. The van der Waals surface area contributed by atoms with Crippen molar-refractivity contribution in [3.63, 3.8) is 0 Å². The first-order valence-corrected chi connectivity index (χ1v) is 9.97. The van der Waals surface area contributed by atoms with Crippen molar-refractivity contribution in [3.8, 4) is 11.1 Å². The SMILES string of the molecule is CCOC(=O)[C@@H]1Cc2ccccc2C[NH+]1Cc1ccc(-c2ccccc2)cc1. The molecular formula is C25H26NO2+. The lowest BCUT2D eigenvalue weighted by atomic mass is 9.93. The molecule has 3 heteroatoms. The predicted molar refractivity (Wildman–Crippen MR) is 111 cm³/mol. The van der Waals surface area contributed by atoms with E-state index in [-0.39, 0.29) is 12.0 Å². The number of nitrogens with one attached hydrogen (secondary N) is 1. The highest BCUT2D eigenvalue weighted by molar-refractivity contribution is 5.75. The normalized spacial score (nSPS) is 18.3. The number of ether oxygens (including phenoxy) is 1. The van der Waals surface area contributed by atoms with Gasteiger partial charge in [0.15, 0.2) is 6.04 Å². The van der Waals surface area contributed by atoms with Crippen molar-refractivity contribution in [1.82, 2.24) is 0 Å². The van der Waals surface area contributed by atoms with Gasteiger partial charge in [0.05, 0.1) is 6.61 Å². The largest absolute Gasteiger partial charge is 0.462 e. The van der Waals surface area contributed by atoms with Crippen molar-refractivity contribution in [1.29, 1.82) is 0 Å². The van der Waals surface area contributed by atoms with Crippen molar-refractivity contribution in [2.24, 2.45) is 0 Å². The Balaban J connectivity index is 1.55. The first kappa shape index (κ1) is 18.5. The Morgan fingerprint density at radius 1 is 0.893 bits per heavy atom. The van der Waals surface area contributed by atoms with E-state index in [9.17, 15) is 4.79 Å². The number of quaternary nitrogens is 1. The van der Waals surface area contributed by atoms with E-state index in [4.69, 9.17) is 4.74 Å². The minimum Gasteiger partial charge on any atom is -0.462 e. The summed E-state index contributed by atoms with van der Waals surface area (Å²) in [5.41, 5.74) is 6.27. The fourth-order valence-corrected chi connectivity index (χ4v) is 4.05. The van der Waals surface area contributed by atoms with Crippen molar-refractivity contribution < 1.29 is 14.4 Å². The summed E-state index contributed by atoms with van der Waals surface area (Å²) in [5.74, 6) is -0.0899. The monoisotopic (exact) mass is 372 g/mol. The second-order valence-corrected chi connectivity index (χ2v) is 7.35. The number of esters is 1. The zero-order valence-corrected chi connectivity index (χ0v) is 16.2. The Bertz CT molecular complexity index is 934. The van der Waals surface area contributed by atoms with Crippen molar-refractivity contribution in [2.75, 3.05) is 6.61 Å². The van der Waals surface area contributed by atoms with Crippen LogP contribution in [0.4, 0.5) is 0 Å². The van der Waals surface area contributed by atoms with Crippen LogP contribution in [0.1, 0.15) is 23.6 Å². The summed E-state index contributed by atoms with van der Waals surface area (Å²) in [6.45, 7) is 3.96. The van der Waals surface area contributed by atoms with Gasteiger partial charge < -0.3 is 9.64 Å². The van der Waals surface area contributed by atoms with Gasteiger partial charge in [0.25, 0.3) is 0 Å². The second kappa shape index (κ2) is 8.41. The summed E-state index contributed by atoms with van der Waals surface area (Å²) in [6.07, 6.45) is 0.742. The van der Waals surface area contributed by atoms with E-state index in [2.05, 4.69) is 66.7 Å². The van der Waals surface area contributed by atoms with E-state index >= 15 is 0 Å². The van der Waals surface area contributed by atoms with Gasteiger partial charge in [-0.15, -0.1) is 0 Å². The van der Waals surface area contributed by atoms with Crippen LogP contribution in [0, 0.1) is 0 Å². The molecule has 3 nitrogen and oxygen atoms in total. The van der Waals surface area contributed by atoms with Gasteiger partial charge in [-0.05, 0) is 23.6 Å². The number of rotatable bonds is 5. The smallest absolute Gasteiger partial charge is 0.365 e. The van der Waals surface area contributed by atoms with E-state index in [0.29, 0.717) is 6.61 Å². The van der Waals surface area contributed by atoms with Crippen molar-refractivity contribution in [2.45, 2.75) is 32.5 Å². The molecule has 0 radical (unpaired) electrons. The van der Waals surface area contributed by atoms with Crippen LogP contribution < -0.4 is 4.90 Å². The van der Waals surface area contributed by atoms with Crippen LogP contribution in [-0.4, -0.2) is 18.6 Å². The number of carbonyl (C=O) groups is 1. The molecule has 1 unspecified atom stereocenters. The third kappa shape index (κ3) is 4.00. The number of hydrogen-bond donors (Lipinski definition) is 1. The maximum absolute atomic E-state index is 12.6. The lowest BCUT2D eigenvalue weighted by Gasteiger charge is -2.32. The van der Waals surface area contributed by atoms with Gasteiger partial charge in [-0.25, -0.2) is 4.79 Å². The van der Waals surface area contributed by atoms with Crippen LogP contribution in [0.5, 0.6) is 0 Å². The summed E-state index contributed by atoms with van der Waals surface area (Å²) in [6, 6.07) is 27.4. The molecular weight excluding hydrogens is 346 g/mol. The van der Waals surface area contributed by atoms with E-state index in [1.54, 1.807) is 0 Å². The van der Waals surface area contributed by atoms with Gasteiger partial charge in [-0.3, -0.25) is 0 Å². The zero-order valence-electron chi connectivity index (χ0n) is 16.2. The number of benzene rings is 3. The van der Waals surface area contributed by atoms with E-state index in [1.807, 2.05) is 19.1 Å². The molecule has 1 heterocycles. The molecule has 3 aromatic rings. The third-order valence-corrected chi connectivity index (χ3v) is 5.52. The summed E-state index contributed by atoms with van der Waals surface area (Å²) < 4.78 is 5.38. The van der Waals surface area contributed by atoms with E-state index in [1.165, 1.54) is 32.7 Å². The summed E-state index contributed by atoms with van der Waals surface area (Å²) in [5, 5.41) is 0. The first-order valence-electron chi connectivity index (χ1n) is 9.97. The van der Waals surface area contributed by atoms with Crippen LogP contribution in [0.3, 0.4) is 0 Å². The van der Waals surface area contributed by atoms with Gasteiger partial charge in [0.1, 0.15) is 13.1 Å². The number of fused-ring (bicyclic) bond motifs is 1. The summed E-state index contributed by atoms with van der Waals surface area (Å²) in [7, 11) is 0. The highest BCUT2D eigenvalue weighted by Crippen LogP contribution is 2.20. The molecule has 4 rings (SSSR count). The quantitative estimate of drug-likeness (QED) is 0.696. The van der Waals surface area contributed by atoms with Crippen LogP contribution >= 0.6 is 0 Å². The van der Waals surface area contributed by atoms with E-state index < -0.39 is 0 Å². The van der Waals surface area contributed by atoms with Crippen LogP contribution in [0.15, 0.2) is 78.9 Å². The molecule has 0 aromatic heterocycles. The van der Waals surface area contributed by atoms with Gasteiger partial charge in [-0.1, -0.05) is 78.9 Å². The number of hydrogen-bond acceptors (Lipinski definition) is 2. The third-order valence-electron chi connectivity index (χ3n) is 5.52.